The van der Waals surface area contributed by atoms with Gasteiger partial charge in [0.2, 0.25) is 0 Å². The van der Waals surface area contributed by atoms with Crippen molar-refractivity contribution in [2.45, 2.75) is 70.8 Å². The average Bonchev–Trinajstić information content (AvgIpc) is 2.87. The van der Waals surface area contributed by atoms with Crippen LogP contribution in [0, 0.1) is 0 Å². The first-order valence-electron chi connectivity index (χ1n) is 11.4. The molecule has 5 heteroatoms. The third-order valence-electron chi connectivity index (χ3n) is 6.89. The second kappa shape index (κ2) is 9.33. The van der Waals surface area contributed by atoms with Crippen LogP contribution in [0.15, 0.2) is 6.33 Å². The van der Waals surface area contributed by atoms with Crippen molar-refractivity contribution < 1.29 is 0 Å². The normalized spacial score (nSPS) is 22.3. The zero-order valence-corrected chi connectivity index (χ0v) is 17.2. The molecule has 1 aromatic heterocycles. The van der Waals surface area contributed by atoms with Crippen LogP contribution in [0.25, 0.3) is 0 Å². The third kappa shape index (κ3) is 4.62. The minimum atomic E-state index is 0.871. The van der Waals surface area contributed by atoms with Crippen molar-refractivity contribution in [3.05, 3.63) is 17.6 Å². The Bertz CT molecular complexity index is 592. The van der Waals surface area contributed by atoms with Crippen LogP contribution in [0.2, 0.25) is 0 Å². The smallest absolute Gasteiger partial charge is 0.135 e. The number of hydrogen-bond acceptors (Lipinski definition) is 5. The molecule has 0 radical (unpaired) electrons. The van der Waals surface area contributed by atoms with E-state index in [0.29, 0.717) is 0 Å². The molecule has 0 unspecified atom stereocenters. The molecule has 0 atom stereocenters. The molecule has 27 heavy (non-hydrogen) atoms. The van der Waals surface area contributed by atoms with E-state index in [1.165, 1.54) is 88.2 Å². The van der Waals surface area contributed by atoms with Crippen molar-refractivity contribution in [3.8, 4) is 0 Å². The number of anilines is 1. The van der Waals surface area contributed by atoms with Gasteiger partial charge in [-0.25, -0.2) is 9.97 Å². The van der Waals surface area contributed by atoms with Gasteiger partial charge in [0.15, 0.2) is 0 Å². The number of hydrogen-bond donors (Lipinski definition) is 0. The Morgan fingerprint density at radius 1 is 0.926 bits per heavy atom. The highest BCUT2D eigenvalue weighted by molar-refractivity contribution is 5.49. The molecule has 0 spiro atoms. The van der Waals surface area contributed by atoms with Crippen molar-refractivity contribution in [2.24, 2.45) is 0 Å². The number of nitrogens with zero attached hydrogens (tertiary/aromatic N) is 5. The van der Waals surface area contributed by atoms with Gasteiger partial charge in [0.25, 0.3) is 0 Å². The molecule has 0 bridgehead atoms. The molecule has 0 aromatic carbocycles. The van der Waals surface area contributed by atoms with Gasteiger partial charge in [-0.05, 0) is 32.2 Å². The number of unbranched alkanes of at least 4 members (excludes halogenated alkanes) is 3. The number of fused-ring (bicyclic) bond motifs is 1. The lowest BCUT2D eigenvalue weighted by Gasteiger charge is -2.43. The summed E-state index contributed by atoms with van der Waals surface area (Å²) in [5, 5.41) is 0. The van der Waals surface area contributed by atoms with E-state index in [1.807, 2.05) is 6.33 Å². The fourth-order valence-electron chi connectivity index (χ4n) is 4.86. The van der Waals surface area contributed by atoms with Gasteiger partial charge in [-0.3, -0.25) is 4.90 Å². The summed E-state index contributed by atoms with van der Waals surface area (Å²) in [6.45, 7) is 10.5. The monoisotopic (exact) mass is 371 g/mol. The van der Waals surface area contributed by atoms with Crippen molar-refractivity contribution >= 4 is 5.82 Å². The second-order valence-electron chi connectivity index (χ2n) is 8.63. The molecule has 5 nitrogen and oxygen atoms in total. The van der Waals surface area contributed by atoms with Gasteiger partial charge in [-0.2, -0.15) is 0 Å². The zero-order valence-electron chi connectivity index (χ0n) is 17.2. The summed E-state index contributed by atoms with van der Waals surface area (Å²) in [5.41, 5.74) is 2.74. The fraction of sp³-hybridized carbons (Fsp3) is 0.818. The van der Waals surface area contributed by atoms with Crippen LogP contribution in [0.3, 0.4) is 0 Å². The fourth-order valence-corrected chi connectivity index (χ4v) is 4.86. The van der Waals surface area contributed by atoms with E-state index >= 15 is 0 Å². The third-order valence-corrected chi connectivity index (χ3v) is 6.89. The molecule has 2 aliphatic heterocycles. The first-order valence-corrected chi connectivity index (χ1v) is 11.4. The minimum Gasteiger partial charge on any atom is -0.354 e. The predicted molar refractivity (Wildman–Crippen MR) is 111 cm³/mol. The van der Waals surface area contributed by atoms with Crippen LogP contribution in [-0.4, -0.2) is 71.6 Å². The zero-order chi connectivity index (χ0) is 18.5. The lowest BCUT2D eigenvalue weighted by Crippen LogP contribution is -2.52. The highest BCUT2D eigenvalue weighted by atomic mass is 15.3. The Morgan fingerprint density at radius 3 is 2.48 bits per heavy atom. The highest BCUT2D eigenvalue weighted by Crippen LogP contribution is 2.28. The minimum absolute atomic E-state index is 0.871. The standard InChI is InChI=1S/C22H37N5/c1-2-3-4-5-11-25-12-9-20-21(10-13-25)23-18-24-22(20)27-16-14-26(15-17-27)19-7-6-8-19/h18-19H,2-17H2,1H3. The Morgan fingerprint density at radius 2 is 1.74 bits per heavy atom. The summed E-state index contributed by atoms with van der Waals surface area (Å²) >= 11 is 0. The van der Waals surface area contributed by atoms with Crippen LogP contribution in [0.5, 0.6) is 0 Å². The van der Waals surface area contributed by atoms with E-state index in [4.69, 9.17) is 4.98 Å². The summed E-state index contributed by atoms with van der Waals surface area (Å²) in [6.07, 6.45) is 13.7. The quantitative estimate of drug-likeness (QED) is 0.688. The number of piperazine rings is 1. The predicted octanol–water partition coefficient (Wildman–Crippen LogP) is 3.13. The summed E-state index contributed by atoms with van der Waals surface area (Å²) in [4.78, 5) is 17.3. The summed E-state index contributed by atoms with van der Waals surface area (Å²) in [7, 11) is 0. The lowest BCUT2D eigenvalue weighted by atomic mass is 9.91. The van der Waals surface area contributed by atoms with E-state index in [2.05, 4.69) is 26.6 Å². The Labute approximate surface area is 165 Å². The SMILES string of the molecule is CCCCCCN1CCc2ncnc(N3CCN(C4CCC4)CC3)c2CC1. The van der Waals surface area contributed by atoms with Gasteiger partial charge in [0.05, 0.1) is 5.69 Å². The van der Waals surface area contributed by atoms with E-state index in [9.17, 15) is 0 Å². The summed E-state index contributed by atoms with van der Waals surface area (Å²) < 4.78 is 0. The van der Waals surface area contributed by atoms with Crippen LogP contribution in [-0.2, 0) is 12.8 Å². The van der Waals surface area contributed by atoms with Gasteiger partial charge in [-0.1, -0.05) is 32.6 Å². The van der Waals surface area contributed by atoms with Crippen LogP contribution >= 0.6 is 0 Å². The molecule has 4 rings (SSSR count). The van der Waals surface area contributed by atoms with Crippen molar-refractivity contribution in [2.75, 3.05) is 50.7 Å². The van der Waals surface area contributed by atoms with Gasteiger partial charge in [0.1, 0.15) is 12.1 Å². The molecule has 1 aliphatic carbocycles. The van der Waals surface area contributed by atoms with Gasteiger partial charge in [-0.15, -0.1) is 0 Å². The number of aromatic nitrogens is 2. The van der Waals surface area contributed by atoms with Gasteiger partial charge in [0, 0.05) is 57.3 Å². The van der Waals surface area contributed by atoms with Crippen molar-refractivity contribution in [1.29, 1.82) is 0 Å². The van der Waals surface area contributed by atoms with Crippen LogP contribution in [0.4, 0.5) is 5.82 Å². The molecule has 150 valence electrons. The number of rotatable bonds is 7. The molecular weight excluding hydrogens is 334 g/mol. The van der Waals surface area contributed by atoms with Gasteiger partial charge >= 0.3 is 0 Å². The van der Waals surface area contributed by atoms with E-state index < -0.39 is 0 Å². The molecule has 2 fully saturated rings. The molecule has 1 saturated carbocycles. The highest BCUT2D eigenvalue weighted by Gasteiger charge is 2.29. The molecule has 0 N–H and O–H groups in total. The maximum atomic E-state index is 4.75. The molecule has 3 aliphatic rings. The van der Waals surface area contributed by atoms with Crippen LogP contribution in [0.1, 0.15) is 63.1 Å². The summed E-state index contributed by atoms with van der Waals surface area (Å²) in [5.74, 6) is 1.24. The Kier molecular flexibility index (Phi) is 6.61. The Balaban J connectivity index is 1.35. The van der Waals surface area contributed by atoms with Gasteiger partial charge < -0.3 is 9.80 Å². The Hall–Kier alpha value is -1.20. The first kappa shape index (κ1) is 19.1. The first-order chi connectivity index (χ1) is 13.3. The summed E-state index contributed by atoms with van der Waals surface area (Å²) in [6, 6.07) is 0.871. The topological polar surface area (TPSA) is 35.5 Å². The van der Waals surface area contributed by atoms with E-state index in [1.54, 1.807) is 0 Å². The second-order valence-corrected chi connectivity index (χ2v) is 8.63. The lowest BCUT2D eigenvalue weighted by molar-refractivity contribution is 0.120. The van der Waals surface area contributed by atoms with E-state index in [-0.39, 0.29) is 0 Å². The van der Waals surface area contributed by atoms with Crippen molar-refractivity contribution in [1.82, 2.24) is 19.8 Å². The average molecular weight is 372 g/mol. The largest absolute Gasteiger partial charge is 0.354 e. The maximum absolute atomic E-state index is 4.75. The molecule has 1 aromatic rings. The van der Waals surface area contributed by atoms with Crippen LogP contribution < -0.4 is 4.90 Å². The maximum Gasteiger partial charge on any atom is 0.135 e. The molecular formula is C22H37N5. The molecule has 3 heterocycles. The molecule has 0 amide bonds. The van der Waals surface area contributed by atoms with E-state index in [0.717, 1.165) is 38.5 Å². The van der Waals surface area contributed by atoms with Crippen molar-refractivity contribution in [3.63, 3.8) is 0 Å². The molecule has 1 saturated heterocycles.